The molecule has 0 saturated carbocycles. The van der Waals surface area contributed by atoms with E-state index in [0.29, 0.717) is 37.2 Å². The van der Waals surface area contributed by atoms with E-state index in [2.05, 4.69) is 10.6 Å². The van der Waals surface area contributed by atoms with Crippen molar-refractivity contribution in [2.75, 3.05) is 34.0 Å². The number of aliphatic hydroxyl groups excluding tert-OH is 2. The minimum absolute atomic E-state index is 0.0823. The van der Waals surface area contributed by atoms with Crippen LogP contribution in [0.25, 0.3) is 0 Å². The van der Waals surface area contributed by atoms with Crippen molar-refractivity contribution in [3.05, 3.63) is 23.3 Å². The van der Waals surface area contributed by atoms with Gasteiger partial charge in [-0.2, -0.15) is 0 Å². The van der Waals surface area contributed by atoms with Gasteiger partial charge >= 0.3 is 0 Å². The summed E-state index contributed by atoms with van der Waals surface area (Å²) in [5, 5.41) is 24.6. The van der Waals surface area contributed by atoms with Gasteiger partial charge in [0.05, 0.1) is 40.1 Å². The van der Waals surface area contributed by atoms with Gasteiger partial charge in [-0.05, 0) is 54.9 Å². The van der Waals surface area contributed by atoms with Crippen molar-refractivity contribution in [2.45, 2.75) is 57.2 Å². The monoisotopic (exact) mass is 492 g/mol. The number of epoxide rings is 1. The molecule has 2 aliphatic rings. The highest BCUT2D eigenvalue weighted by molar-refractivity contribution is 5.98. The summed E-state index contributed by atoms with van der Waals surface area (Å²) in [6.45, 7) is 2.84. The normalized spacial score (nSPS) is 22.5. The summed E-state index contributed by atoms with van der Waals surface area (Å²) in [6, 6.07) is 1.68. The number of ether oxygens (including phenoxy) is 3. The maximum absolute atomic E-state index is 13.0. The number of carbonyl (C=O) groups is 3. The van der Waals surface area contributed by atoms with Crippen molar-refractivity contribution in [2.24, 2.45) is 11.8 Å². The summed E-state index contributed by atoms with van der Waals surface area (Å²) in [5.41, 5.74) is 0.781. The Morgan fingerprint density at radius 3 is 2.23 bits per heavy atom. The molecule has 10 nitrogen and oxygen atoms in total. The van der Waals surface area contributed by atoms with Crippen LogP contribution in [0, 0.1) is 11.8 Å². The second kappa shape index (κ2) is 11.4. The number of fused-ring (bicyclic) bond motifs is 1. The molecule has 2 amide bonds. The first kappa shape index (κ1) is 26.9. The van der Waals surface area contributed by atoms with Crippen molar-refractivity contribution >= 4 is 17.6 Å². The first-order valence-corrected chi connectivity index (χ1v) is 11.9. The van der Waals surface area contributed by atoms with Crippen LogP contribution in [0.5, 0.6) is 11.5 Å². The van der Waals surface area contributed by atoms with Crippen LogP contribution >= 0.6 is 0 Å². The largest absolute Gasteiger partial charge is 0.493 e. The van der Waals surface area contributed by atoms with Gasteiger partial charge in [0.25, 0.3) is 0 Å². The van der Waals surface area contributed by atoms with Gasteiger partial charge in [0.1, 0.15) is 6.04 Å². The Labute approximate surface area is 205 Å². The molecule has 0 radical (unpaired) electrons. The SMILES string of the molecule is COc1cc2c(cc1OC)CC(C(=O)N[C@@H](CO)C(=O)N[C@@H](CC(C)C)C(=O)[C@@]1(CO)CO1)CC2. The number of benzene rings is 1. The number of methoxy groups -OCH3 is 2. The molecule has 4 atom stereocenters. The summed E-state index contributed by atoms with van der Waals surface area (Å²) in [7, 11) is 3.13. The number of aryl methyl sites for hydroxylation is 1. The zero-order valence-corrected chi connectivity index (χ0v) is 20.8. The molecule has 1 fully saturated rings. The van der Waals surface area contributed by atoms with Crippen LogP contribution in [0.4, 0.5) is 0 Å². The lowest BCUT2D eigenvalue weighted by atomic mass is 9.83. The number of ketones is 1. The van der Waals surface area contributed by atoms with Gasteiger partial charge in [0.2, 0.25) is 11.8 Å². The Kier molecular flexibility index (Phi) is 8.74. The number of aliphatic hydroxyl groups is 2. The van der Waals surface area contributed by atoms with Crippen LogP contribution in [-0.2, 0) is 32.0 Å². The van der Waals surface area contributed by atoms with Gasteiger partial charge in [0, 0.05) is 5.92 Å². The molecule has 35 heavy (non-hydrogen) atoms. The lowest BCUT2D eigenvalue weighted by Gasteiger charge is -2.28. The van der Waals surface area contributed by atoms with Crippen molar-refractivity contribution in [1.29, 1.82) is 0 Å². The van der Waals surface area contributed by atoms with E-state index >= 15 is 0 Å². The van der Waals surface area contributed by atoms with Crippen LogP contribution in [0.15, 0.2) is 12.1 Å². The Morgan fingerprint density at radius 1 is 1.09 bits per heavy atom. The summed E-state index contributed by atoms with van der Waals surface area (Å²) < 4.78 is 15.9. The topological polar surface area (TPSA) is 147 Å². The predicted octanol–water partition coefficient (Wildman–Crippen LogP) is 0.147. The van der Waals surface area contributed by atoms with Gasteiger partial charge in [-0.3, -0.25) is 14.4 Å². The molecule has 1 aliphatic carbocycles. The molecule has 0 aromatic heterocycles. The fourth-order valence-electron chi connectivity index (χ4n) is 4.48. The van der Waals surface area contributed by atoms with E-state index in [9.17, 15) is 24.6 Å². The molecule has 1 saturated heterocycles. The average Bonchev–Trinajstić information content (AvgIpc) is 3.65. The lowest BCUT2D eigenvalue weighted by molar-refractivity contribution is -0.135. The number of carbonyl (C=O) groups excluding carboxylic acids is 3. The number of hydrogen-bond acceptors (Lipinski definition) is 8. The van der Waals surface area contributed by atoms with E-state index in [1.54, 1.807) is 14.2 Å². The lowest BCUT2D eigenvalue weighted by Crippen LogP contribution is -2.56. The summed E-state index contributed by atoms with van der Waals surface area (Å²) >= 11 is 0. The van der Waals surface area contributed by atoms with Gasteiger partial charge < -0.3 is 35.1 Å². The fraction of sp³-hybridized carbons (Fsp3) is 0.640. The molecule has 194 valence electrons. The average molecular weight is 493 g/mol. The Bertz CT molecular complexity index is 944. The van der Waals surface area contributed by atoms with Crippen molar-refractivity contribution in [3.8, 4) is 11.5 Å². The van der Waals surface area contributed by atoms with E-state index in [-0.39, 0.29) is 24.3 Å². The smallest absolute Gasteiger partial charge is 0.245 e. The molecule has 0 bridgehead atoms. The van der Waals surface area contributed by atoms with E-state index in [0.717, 1.165) is 11.1 Å². The number of Topliss-reactive ketones (excluding diaryl/α,β-unsaturated/α-hetero) is 1. The maximum atomic E-state index is 13.0. The highest BCUT2D eigenvalue weighted by Gasteiger charge is 2.54. The summed E-state index contributed by atoms with van der Waals surface area (Å²) in [6.07, 6.45) is 2.05. The Hall–Kier alpha value is -2.69. The van der Waals surface area contributed by atoms with E-state index in [1.807, 2.05) is 26.0 Å². The minimum atomic E-state index is -1.27. The molecular weight excluding hydrogens is 456 g/mol. The van der Waals surface area contributed by atoms with E-state index in [4.69, 9.17) is 14.2 Å². The highest BCUT2D eigenvalue weighted by atomic mass is 16.6. The molecule has 0 spiro atoms. The summed E-state index contributed by atoms with van der Waals surface area (Å²) in [4.78, 5) is 38.8. The van der Waals surface area contributed by atoms with E-state index < -0.39 is 42.6 Å². The number of amides is 2. The van der Waals surface area contributed by atoms with Crippen LogP contribution in [0.2, 0.25) is 0 Å². The molecule has 4 N–H and O–H groups in total. The van der Waals surface area contributed by atoms with Crippen molar-refractivity contribution in [1.82, 2.24) is 10.6 Å². The van der Waals surface area contributed by atoms with Gasteiger partial charge in [-0.15, -0.1) is 0 Å². The molecular formula is C25H36N2O8. The van der Waals surface area contributed by atoms with Gasteiger partial charge in [-0.25, -0.2) is 0 Å². The third-order valence-corrected chi connectivity index (χ3v) is 6.66. The zero-order valence-electron chi connectivity index (χ0n) is 20.8. The number of hydrogen-bond donors (Lipinski definition) is 4. The van der Waals surface area contributed by atoms with E-state index in [1.165, 1.54) is 0 Å². The molecule has 1 heterocycles. The predicted molar refractivity (Wildman–Crippen MR) is 126 cm³/mol. The number of rotatable bonds is 12. The summed E-state index contributed by atoms with van der Waals surface area (Å²) in [5.74, 6) is -0.484. The number of nitrogens with one attached hydrogen (secondary N) is 2. The standard InChI is InChI=1S/C25H36N2O8/c1-14(2)7-18(22(30)25(12-29)13-35-25)26-24(32)19(11-28)27-23(31)16-6-5-15-9-20(33-3)21(34-4)10-17(15)8-16/h9-10,14,16,18-19,28-29H,5-8,11-13H2,1-4H3,(H,26,32)(H,27,31)/t16?,18-,19-,25+/m0/s1. The molecule has 1 aromatic rings. The second-order valence-electron chi connectivity index (χ2n) is 9.66. The Balaban J connectivity index is 1.65. The van der Waals surface area contributed by atoms with Crippen molar-refractivity contribution < 1.29 is 38.8 Å². The fourth-order valence-corrected chi connectivity index (χ4v) is 4.48. The molecule has 1 unspecified atom stereocenters. The van der Waals surface area contributed by atoms with Crippen LogP contribution in [0.1, 0.15) is 37.8 Å². The van der Waals surface area contributed by atoms with Gasteiger partial charge in [0.15, 0.2) is 22.9 Å². The van der Waals surface area contributed by atoms with Crippen LogP contribution in [0.3, 0.4) is 0 Å². The maximum Gasteiger partial charge on any atom is 0.245 e. The van der Waals surface area contributed by atoms with Crippen molar-refractivity contribution in [3.63, 3.8) is 0 Å². The quantitative estimate of drug-likeness (QED) is 0.302. The molecule has 3 rings (SSSR count). The second-order valence-corrected chi connectivity index (χ2v) is 9.66. The minimum Gasteiger partial charge on any atom is -0.493 e. The highest BCUT2D eigenvalue weighted by Crippen LogP contribution is 2.35. The third-order valence-electron chi connectivity index (χ3n) is 6.66. The third kappa shape index (κ3) is 6.12. The Morgan fingerprint density at radius 2 is 1.71 bits per heavy atom. The first-order chi connectivity index (χ1) is 16.7. The van der Waals surface area contributed by atoms with Crippen LogP contribution in [-0.4, -0.2) is 79.5 Å². The molecule has 1 aliphatic heterocycles. The zero-order chi connectivity index (χ0) is 25.8. The van der Waals surface area contributed by atoms with Gasteiger partial charge in [-0.1, -0.05) is 13.8 Å². The molecule has 10 heteroatoms. The van der Waals surface area contributed by atoms with Crippen LogP contribution < -0.4 is 20.1 Å². The molecule has 1 aromatic carbocycles. The first-order valence-electron chi connectivity index (χ1n) is 11.9.